The number of fused-ring (bicyclic) bond motifs is 2. The molecule has 0 radical (unpaired) electrons. The molecule has 0 fully saturated rings. The second-order valence-electron chi connectivity index (χ2n) is 7.56. The van der Waals surface area contributed by atoms with Crippen LogP contribution in [0, 0.1) is 0 Å². The number of benzene rings is 2. The van der Waals surface area contributed by atoms with Crippen molar-refractivity contribution in [3.63, 3.8) is 0 Å². The van der Waals surface area contributed by atoms with Gasteiger partial charge in [-0.1, -0.05) is 0 Å². The van der Waals surface area contributed by atoms with E-state index in [0.717, 1.165) is 7.25 Å². The van der Waals surface area contributed by atoms with Gasteiger partial charge in [-0.05, 0) is 0 Å². The van der Waals surface area contributed by atoms with Gasteiger partial charge >= 0.3 is 155 Å². The van der Waals surface area contributed by atoms with Crippen molar-refractivity contribution in [2.75, 3.05) is 0 Å². The third-order valence-electron chi connectivity index (χ3n) is 5.62. The molecule has 2 aliphatic rings. The number of rotatable bonds is 3. The fraction of sp³-hybridized carbons (Fsp3) is 0.273. The molecule has 2 aromatic carbocycles. The molecular weight excluding hydrogens is 637 g/mol. The first-order valence-corrected chi connectivity index (χ1v) is 19.0. The van der Waals surface area contributed by atoms with E-state index in [0.29, 0.717) is 0 Å². The van der Waals surface area contributed by atoms with Gasteiger partial charge in [0.05, 0.1) is 0 Å². The summed E-state index contributed by atoms with van der Waals surface area (Å²) in [5, 5.41) is 0. The molecule has 0 spiro atoms. The Morgan fingerprint density at radius 1 is 0.692 bits per heavy atom. The summed E-state index contributed by atoms with van der Waals surface area (Å²) in [6.45, 7) is 10.0. The molecule has 26 heavy (non-hydrogen) atoms. The molecule has 0 heterocycles. The predicted octanol–water partition coefficient (Wildman–Crippen LogP) is -0.0876. The summed E-state index contributed by atoms with van der Waals surface area (Å²) in [7, 11) is 0. The Labute approximate surface area is 200 Å². The Morgan fingerprint density at radius 2 is 1.08 bits per heavy atom. The Balaban J connectivity index is 0.00000121. The SMILES string of the molecule is CC1=Cc2ccccc2[CH]1[Zr+2]([CH]1C(C)=Cc2ccccc21)[SiH](C)C.[I-].[I-]. The van der Waals surface area contributed by atoms with Gasteiger partial charge in [0.1, 0.15) is 0 Å². The number of allylic oxidation sites excluding steroid dienone is 2. The van der Waals surface area contributed by atoms with Crippen LogP contribution >= 0.6 is 0 Å². The van der Waals surface area contributed by atoms with Crippen LogP contribution in [0.5, 0.6) is 0 Å². The summed E-state index contributed by atoms with van der Waals surface area (Å²) in [6.07, 6.45) is 4.94. The van der Waals surface area contributed by atoms with Crippen molar-refractivity contribution < 1.29 is 68.9 Å². The standard InChI is InChI=1S/2C10H9.C2H7Si.2HI.Zr/c2*1-8-6-9-4-2-3-5-10(9)7-8;1-3-2;;;/h2*2-7H,1H3;3H,1-2H3;2*1H;/q;;;;;+2/p-2. The van der Waals surface area contributed by atoms with Gasteiger partial charge in [0.15, 0.2) is 0 Å². The van der Waals surface area contributed by atoms with Gasteiger partial charge in [0.2, 0.25) is 0 Å². The largest absolute Gasteiger partial charge is 1.00 e. The van der Waals surface area contributed by atoms with E-state index >= 15 is 0 Å². The van der Waals surface area contributed by atoms with Crippen LogP contribution in [0.1, 0.15) is 43.4 Å². The van der Waals surface area contributed by atoms with Crippen molar-refractivity contribution in [3.8, 4) is 0 Å². The molecule has 0 aromatic heterocycles. The maximum absolute atomic E-state index is 2.62. The summed E-state index contributed by atoms with van der Waals surface area (Å²) < 4.78 is 1.57. The second-order valence-corrected chi connectivity index (χ2v) is 27.6. The first-order chi connectivity index (χ1) is 11.6. The summed E-state index contributed by atoms with van der Waals surface area (Å²) in [4.78, 5) is 0. The van der Waals surface area contributed by atoms with Crippen LogP contribution in [0.4, 0.5) is 0 Å². The molecule has 2 unspecified atom stereocenters. The fourth-order valence-electron chi connectivity index (χ4n) is 4.68. The summed E-state index contributed by atoms with van der Waals surface area (Å²) in [5.41, 5.74) is 9.54. The second kappa shape index (κ2) is 9.32. The van der Waals surface area contributed by atoms with Gasteiger partial charge in [-0.2, -0.15) is 0 Å². The molecule has 135 valence electrons. The van der Waals surface area contributed by atoms with E-state index in [-0.39, 0.29) is 48.0 Å². The average Bonchev–Trinajstić information content (AvgIpc) is 3.05. The van der Waals surface area contributed by atoms with E-state index in [9.17, 15) is 0 Å². The maximum Gasteiger partial charge on any atom is -1.00 e. The molecule has 0 saturated heterocycles. The third-order valence-corrected chi connectivity index (χ3v) is 27.8. The number of hydrogen-bond donors (Lipinski definition) is 0. The number of halogens is 2. The van der Waals surface area contributed by atoms with Gasteiger partial charge in [0, 0.05) is 0 Å². The maximum atomic E-state index is 2.62. The van der Waals surface area contributed by atoms with Gasteiger partial charge in [-0.15, -0.1) is 0 Å². The van der Waals surface area contributed by atoms with Crippen LogP contribution in [0.15, 0.2) is 59.7 Å². The molecule has 2 atom stereocenters. The van der Waals surface area contributed by atoms with E-state index in [4.69, 9.17) is 0 Å². The van der Waals surface area contributed by atoms with Crippen molar-refractivity contribution in [2.24, 2.45) is 0 Å². The molecule has 0 bridgehead atoms. The van der Waals surface area contributed by atoms with E-state index in [2.05, 4.69) is 87.6 Å². The third kappa shape index (κ3) is 3.95. The van der Waals surface area contributed by atoms with Crippen molar-refractivity contribution in [1.29, 1.82) is 0 Å². The molecule has 0 saturated carbocycles. The van der Waals surface area contributed by atoms with E-state index < -0.39 is 26.8 Å². The van der Waals surface area contributed by atoms with Gasteiger partial charge in [-0.3, -0.25) is 0 Å². The quantitative estimate of drug-likeness (QED) is 0.319. The van der Waals surface area contributed by atoms with Crippen molar-refractivity contribution in [1.82, 2.24) is 0 Å². The zero-order valence-corrected chi connectivity index (χ0v) is 23.7. The molecule has 0 aliphatic heterocycles. The van der Waals surface area contributed by atoms with E-state index in [1.807, 2.05) is 0 Å². The van der Waals surface area contributed by atoms with Gasteiger partial charge in [0.25, 0.3) is 0 Å². The molecule has 4 rings (SSSR count). The monoisotopic (exact) mass is 661 g/mol. The van der Waals surface area contributed by atoms with E-state index in [1.54, 1.807) is 22.3 Å². The Hall–Kier alpha value is 0.480. The summed E-state index contributed by atoms with van der Waals surface area (Å²) >= 11 is -1.72. The predicted molar refractivity (Wildman–Crippen MR) is 105 cm³/mol. The van der Waals surface area contributed by atoms with Crippen LogP contribution in [-0.2, 0) is 20.9 Å². The molecule has 4 heteroatoms. The molecular formula is C22H25I2SiZr. The first-order valence-electron chi connectivity index (χ1n) is 8.98. The summed E-state index contributed by atoms with van der Waals surface area (Å²) in [6, 6.07) is 18.3. The summed E-state index contributed by atoms with van der Waals surface area (Å²) in [5.74, 6) is -0.671. The van der Waals surface area contributed by atoms with Crippen LogP contribution in [0.25, 0.3) is 12.2 Å². The Kier molecular flexibility index (Phi) is 8.16. The molecule has 0 N–H and O–H groups in total. The van der Waals surface area contributed by atoms with Crippen LogP contribution < -0.4 is 48.0 Å². The van der Waals surface area contributed by atoms with Crippen LogP contribution in [-0.4, -0.2) is 5.92 Å². The van der Waals surface area contributed by atoms with Gasteiger partial charge in [-0.25, -0.2) is 0 Å². The van der Waals surface area contributed by atoms with Gasteiger partial charge < -0.3 is 48.0 Å². The number of hydrogen-bond acceptors (Lipinski definition) is 0. The van der Waals surface area contributed by atoms with Crippen LogP contribution in [0.2, 0.25) is 13.1 Å². The Bertz CT molecular complexity index is 789. The smallest absolute Gasteiger partial charge is 1.00 e. The zero-order chi connectivity index (χ0) is 16.8. The minimum Gasteiger partial charge on any atom is -1.00 e. The van der Waals surface area contributed by atoms with Crippen LogP contribution in [0.3, 0.4) is 0 Å². The van der Waals surface area contributed by atoms with E-state index in [1.165, 1.54) is 11.1 Å². The minimum atomic E-state index is -1.72. The Morgan fingerprint density at radius 3 is 1.46 bits per heavy atom. The first kappa shape index (κ1) is 22.8. The topological polar surface area (TPSA) is 0 Å². The molecule has 0 nitrogen and oxygen atoms in total. The molecule has 2 aromatic rings. The molecule has 0 amide bonds. The average molecular weight is 663 g/mol. The minimum absolute atomic E-state index is 0. The van der Waals surface area contributed by atoms with Crippen molar-refractivity contribution >= 4 is 18.1 Å². The zero-order valence-electron chi connectivity index (χ0n) is 15.8. The normalized spacial score (nSPS) is 19.7. The van der Waals surface area contributed by atoms with Crippen molar-refractivity contribution in [2.45, 2.75) is 34.2 Å². The molecule has 2 aliphatic carbocycles. The fourth-order valence-corrected chi connectivity index (χ4v) is 27.9. The van der Waals surface area contributed by atoms with Crippen molar-refractivity contribution in [3.05, 3.63) is 81.9 Å².